The molecule has 0 atom stereocenters. The van der Waals surface area contributed by atoms with E-state index in [2.05, 4.69) is 20.9 Å². The Labute approximate surface area is 132 Å². The minimum atomic E-state index is -0.577. The lowest BCUT2D eigenvalue weighted by atomic mass is 10.3. The van der Waals surface area contributed by atoms with Crippen molar-refractivity contribution in [1.29, 1.82) is 0 Å². The van der Waals surface area contributed by atoms with Crippen LogP contribution >= 0.6 is 50.7 Å². The smallest absolute Gasteiger partial charge is 0.219 e. The van der Waals surface area contributed by atoms with Gasteiger partial charge in [0.25, 0.3) is 0 Å². The number of pyridine rings is 1. The van der Waals surface area contributed by atoms with Crippen LogP contribution in [0.25, 0.3) is 0 Å². The highest BCUT2D eigenvalue weighted by atomic mass is 79.9. The van der Waals surface area contributed by atoms with Gasteiger partial charge in [0, 0.05) is 12.1 Å². The first-order valence-corrected chi connectivity index (χ1v) is 7.13. The van der Waals surface area contributed by atoms with Crippen LogP contribution in [0.4, 0.5) is 4.39 Å². The minimum Gasteiger partial charge on any atom is -0.438 e. The number of rotatable bonds is 3. The number of hydrogen-bond donors (Lipinski definition) is 0. The molecular formula is C12H6BrCl3FNO. The van der Waals surface area contributed by atoms with Crippen LogP contribution in [-0.4, -0.2) is 4.98 Å². The molecule has 2 aromatic rings. The highest BCUT2D eigenvalue weighted by molar-refractivity contribution is 9.10. The fraction of sp³-hybridized carbons (Fsp3) is 0.0833. The number of aromatic nitrogens is 1. The van der Waals surface area contributed by atoms with Gasteiger partial charge in [0.05, 0.1) is 26.1 Å². The molecule has 2 nitrogen and oxygen atoms in total. The SMILES string of the molecule is Fc1cc(Oc2ccc(Cl)c(CCl)n2)c(Br)cc1Cl. The Hall–Kier alpha value is -0.550. The van der Waals surface area contributed by atoms with Crippen LogP contribution in [0.15, 0.2) is 28.7 Å². The van der Waals surface area contributed by atoms with E-state index in [1.54, 1.807) is 12.1 Å². The van der Waals surface area contributed by atoms with E-state index < -0.39 is 5.82 Å². The monoisotopic (exact) mass is 383 g/mol. The number of benzene rings is 1. The zero-order valence-electron chi connectivity index (χ0n) is 9.26. The minimum absolute atomic E-state index is 0.00439. The summed E-state index contributed by atoms with van der Waals surface area (Å²) < 4.78 is 19.4. The molecule has 0 aliphatic carbocycles. The Kier molecular flexibility index (Phi) is 4.90. The Balaban J connectivity index is 2.33. The standard InChI is InChI=1S/C12H6BrCl3FNO/c13-6-3-8(16)9(17)4-11(6)19-12-2-1-7(15)10(5-14)18-12/h1-4H,5H2. The average Bonchev–Trinajstić information content (AvgIpc) is 2.38. The van der Waals surface area contributed by atoms with Gasteiger partial charge in [0.1, 0.15) is 11.6 Å². The second-order valence-corrected chi connectivity index (χ2v) is 5.45. The van der Waals surface area contributed by atoms with E-state index in [9.17, 15) is 4.39 Å². The zero-order chi connectivity index (χ0) is 14.0. The molecule has 0 saturated heterocycles. The van der Waals surface area contributed by atoms with Crippen molar-refractivity contribution in [1.82, 2.24) is 4.98 Å². The summed E-state index contributed by atoms with van der Waals surface area (Å²) in [5, 5.41) is 0.452. The number of nitrogens with zero attached hydrogens (tertiary/aromatic N) is 1. The van der Waals surface area contributed by atoms with Gasteiger partial charge in [0.2, 0.25) is 5.88 Å². The summed E-state index contributed by atoms with van der Waals surface area (Å²) in [5.74, 6) is 0.109. The van der Waals surface area contributed by atoms with Gasteiger partial charge in [-0.25, -0.2) is 9.37 Å². The molecule has 0 aliphatic heterocycles. The third-order valence-electron chi connectivity index (χ3n) is 2.21. The van der Waals surface area contributed by atoms with Gasteiger partial charge in [-0.05, 0) is 28.1 Å². The van der Waals surface area contributed by atoms with Crippen LogP contribution in [-0.2, 0) is 5.88 Å². The van der Waals surface area contributed by atoms with Gasteiger partial charge in [-0.3, -0.25) is 0 Å². The van der Waals surface area contributed by atoms with Crippen molar-refractivity contribution in [3.8, 4) is 11.6 Å². The number of alkyl halides is 1. The molecule has 7 heteroatoms. The molecule has 0 fully saturated rings. The summed E-state index contributed by atoms with van der Waals surface area (Å²) in [5.41, 5.74) is 0.492. The van der Waals surface area contributed by atoms with E-state index in [0.717, 1.165) is 0 Å². The fourth-order valence-electron chi connectivity index (χ4n) is 1.31. The Morgan fingerprint density at radius 3 is 2.63 bits per heavy atom. The number of ether oxygens (including phenoxy) is 1. The quantitative estimate of drug-likeness (QED) is 0.490. The number of halogens is 5. The summed E-state index contributed by atoms with van der Waals surface area (Å²) in [4.78, 5) is 4.12. The van der Waals surface area contributed by atoms with E-state index in [4.69, 9.17) is 39.5 Å². The number of hydrogen-bond acceptors (Lipinski definition) is 2. The van der Waals surface area contributed by atoms with Crippen LogP contribution in [0, 0.1) is 5.82 Å². The summed E-state index contributed by atoms with van der Waals surface area (Å²) in [6.07, 6.45) is 0. The van der Waals surface area contributed by atoms with Crippen molar-refractivity contribution >= 4 is 50.7 Å². The Bertz CT molecular complexity index is 624. The van der Waals surface area contributed by atoms with Crippen LogP contribution in [0.5, 0.6) is 11.6 Å². The molecule has 0 spiro atoms. The first-order chi connectivity index (χ1) is 9.01. The van der Waals surface area contributed by atoms with Crippen LogP contribution in [0.2, 0.25) is 10.0 Å². The molecule has 1 aromatic heterocycles. The molecule has 0 bridgehead atoms. The van der Waals surface area contributed by atoms with Gasteiger partial charge in [-0.1, -0.05) is 23.2 Å². The fourth-order valence-corrected chi connectivity index (χ4v) is 2.47. The maximum atomic E-state index is 13.4. The van der Waals surface area contributed by atoms with Gasteiger partial charge >= 0.3 is 0 Å². The largest absolute Gasteiger partial charge is 0.438 e. The predicted octanol–water partition coefficient (Wildman–Crippen LogP) is 5.82. The molecule has 0 aliphatic rings. The molecule has 0 saturated carbocycles. The van der Waals surface area contributed by atoms with E-state index in [-0.39, 0.29) is 22.5 Å². The van der Waals surface area contributed by atoms with Crippen molar-refractivity contribution in [3.05, 3.63) is 50.3 Å². The highest BCUT2D eigenvalue weighted by Gasteiger charge is 2.10. The summed E-state index contributed by atoms with van der Waals surface area (Å²) in [6, 6.07) is 5.76. The molecule has 1 aromatic carbocycles. The van der Waals surface area contributed by atoms with Gasteiger partial charge in [-0.15, -0.1) is 11.6 Å². The van der Waals surface area contributed by atoms with Crippen molar-refractivity contribution in [3.63, 3.8) is 0 Å². The van der Waals surface area contributed by atoms with E-state index in [1.807, 2.05) is 0 Å². The maximum absolute atomic E-state index is 13.4. The molecule has 19 heavy (non-hydrogen) atoms. The predicted molar refractivity (Wildman–Crippen MR) is 78.0 cm³/mol. The maximum Gasteiger partial charge on any atom is 0.219 e. The molecule has 0 amide bonds. The van der Waals surface area contributed by atoms with Crippen LogP contribution in [0.3, 0.4) is 0 Å². The second-order valence-electron chi connectivity index (χ2n) is 3.51. The third kappa shape index (κ3) is 3.51. The lowest BCUT2D eigenvalue weighted by molar-refractivity contribution is 0.454. The van der Waals surface area contributed by atoms with Crippen LogP contribution < -0.4 is 4.74 Å². The third-order valence-corrected chi connectivity index (χ3v) is 3.72. The topological polar surface area (TPSA) is 22.1 Å². The van der Waals surface area contributed by atoms with Crippen molar-refractivity contribution in [2.24, 2.45) is 0 Å². The molecule has 0 radical (unpaired) electrons. The normalized spacial score (nSPS) is 10.6. The molecular weight excluding hydrogens is 379 g/mol. The van der Waals surface area contributed by atoms with Crippen molar-refractivity contribution in [2.75, 3.05) is 0 Å². The second kappa shape index (κ2) is 6.27. The Morgan fingerprint density at radius 2 is 1.95 bits per heavy atom. The Morgan fingerprint density at radius 1 is 1.21 bits per heavy atom. The summed E-state index contributed by atoms with van der Waals surface area (Å²) in [6.45, 7) is 0. The first kappa shape index (κ1) is 14.9. The first-order valence-electron chi connectivity index (χ1n) is 5.05. The van der Waals surface area contributed by atoms with Crippen molar-refractivity contribution in [2.45, 2.75) is 5.88 Å². The molecule has 100 valence electrons. The lowest BCUT2D eigenvalue weighted by Crippen LogP contribution is -1.94. The van der Waals surface area contributed by atoms with Gasteiger partial charge in [0.15, 0.2) is 0 Å². The molecule has 0 unspecified atom stereocenters. The van der Waals surface area contributed by atoms with Crippen molar-refractivity contribution < 1.29 is 9.13 Å². The van der Waals surface area contributed by atoms with E-state index >= 15 is 0 Å². The molecule has 2 rings (SSSR count). The lowest BCUT2D eigenvalue weighted by Gasteiger charge is -2.09. The van der Waals surface area contributed by atoms with Crippen LogP contribution in [0.1, 0.15) is 5.69 Å². The summed E-state index contributed by atoms with van der Waals surface area (Å²) >= 11 is 20.5. The average molecular weight is 385 g/mol. The van der Waals surface area contributed by atoms with E-state index in [0.29, 0.717) is 15.2 Å². The molecule has 1 heterocycles. The van der Waals surface area contributed by atoms with E-state index in [1.165, 1.54) is 12.1 Å². The molecule has 0 N–H and O–H groups in total. The summed E-state index contributed by atoms with van der Waals surface area (Å²) in [7, 11) is 0. The zero-order valence-corrected chi connectivity index (χ0v) is 13.1. The van der Waals surface area contributed by atoms with Gasteiger partial charge in [-0.2, -0.15) is 0 Å². The van der Waals surface area contributed by atoms with Gasteiger partial charge < -0.3 is 4.74 Å². The highest BCUT2D eigenvalue weighted by Crippen LogP contribution is 2.33.